The zero-order valence-electron chi connectivity index (χ0n) is 9.59. The lowest BCUT2D eigenvalue weighted by Crippen LogP contribution is -2.43. The molecule has 3 heteroatoms. The van der Waals surface area contributed by atoms with Crippen molar-refractivity contribution in [2.45, 2.75) is 31.2 Å². The van der Waals surface area contributed by atoms with Gasteiger partial charge in [0.2, 0.25) is 0 Å². The summed E-state index contributed by atoms with van der Waals surface area (Å²) in [6.45, 7) is 1.15. The van der Waals surface area contributed by atoms with Crippen LogP contribution in [0.4, 0.5) is 0 Å². The summed E-state index contributed by atoms with van der Waals surface area (Å²) in [7, 11) is 0. The van der Waals surface area contributed by atoms with Gasteiger partial charge in [0.1, 0.15) is 5.15 Å². The minimum Gasteiger partial charge on any atom is -0.345 e. The zero-order valence-corrected chi connectivity index (χ0v) is 10.3. The largest absolute Gasteiger partial charge is 0.345 e. The summed E-state index contributed by atoms with van der Waals surface area (Å²) >= 11 is 6.32. The number of aromatic amines is 1. The highest BCUT2D eigenvalue weighted by Gasteiger charge is 2.33. The van der Waals surface area contributed by atoms with Gasteiger partial charge < -0.3 is 10.3 Å². The van der Waals surface area contributed by atoms with Crippen LogP contribution in [-0.4, -0.2) is 17.6 Å². The van der Waals surface area contributed by atoms with E-state index in [-0.39, 0.29) is 0 Å². The number of piperidine rings is 1. The molecule has 1 aliphatic heterocycles. The smallest absolute Gasteiger partial charge is 0.110 e. The van der Waals surface area contributed by atoms with Crippen molar-refractivity contribution in [1.82, 2.24) is 10.3 Å². The van der Waals surface area contributed by atoms with Crippen LogP contribution < -0.4 is 5.32 Å². The third-order valence-corrected chi connectivity index (χ3v) is 4.64. The maximum Gasteiger partial charge on any atom is 0.110 e. The average molecular weight is 247 g/mol. The van der Waals surface area contributed by atoms with Crippen LogP contribution in [0, 0.1) is 0 Å². The summed E-state index contributed by atoms with van der Waals surface area (Å²) in [4.78, 5) is 3.31. The molecule has 17 heavy (non-hydrogen) atoms. The van der Waals surface area contributed by atoms with Crippen LogP contribution >= 0.6 is 11.6 Å². The third-order valence-electron chi connectivity index (χ3n) is 4.32. The Labute approximate surface area is 105 Å². The molecular formula is C14H15ClN2. The number of hydrogen-bond donors (Lipinski definition) is 2. The molecule has 2 atom stereocenters. The first-order valence-corrected chi connectivity index (χ1v) is 6.75. The lowest BCUT2D eigenvalue weighted by atomic mass is 9.76. The second-order valence-electron chi connectivity index (χ2n) is 5.20. The van der Waals surface area contributed by atoms with Crippen LogP contribution in [0.2, 0.25) is 5.15 Å². The normalized spacial score (nSPS) is 27.1. The van der Waals surface area contributed by atoms with E-state index < -0.39 is 0 Å². The van der Waals surface area contributed by atoms with Crippen LogP contribution in [0.25, 0.3) is 10.9 Å². The average Bonchev–Trinajstić information content (AvgIpc) is 2.68. The molecule has 4 rings (SSSR count). The standard InChI is InChI=1S/C14H15ClN2/c15-14-10-7-12-8(4-2-6-16-12)9-3-1-5-11(17-14)13(9)10/h1,3,5,8,12,16-17H,2,4,6-7H2/t8-,12-/m1/s1. The number of fused-ring (bicyclic) bond motifs is 2. The van der Waals surface area contributed by atoms with E-state index in [1.165, 1.54) is 34.9 Å². The number of halogens is 1. The topological polar surface area (TPSA) is 27.8 Å². The van der Waals surface area contributed by atoms with Crippen molar-refractivity contribution in [2.24, 2.45) is 0 Å². The molecule has 0 saturated carbocycles. The summed E-state index contributed by atoms with van der Waals surface area (Å²) in [5.74, 6) is 0.673. The number of benzene rings is 1. The predicted molar refractivity (Wildman–Crippen MR) is 70.8 cm³/mol. The predicted octanol–water partition coefficient (Wildman–Crippen LogP) is 3.21. The van der Waals surface area contributed by atoms with Gasteiger partial charge in [0.15, 0.2) is 0 Å². The molecule has 0 radical (unpaired) electrons. The molecule has 0 unspecified atom stereocenters. The molecular weight excluding hydrogens is 232 g/mol. The maximum atomic E-state index is 6.32. The van der Waals surface area contributed by atoms with Gasteiger partial charge >= 0.3 is 0 Å². The number of nitrogens with one attached hydrogen (secondary N) is 2. The lowest BCUT2D eigenvalue weighted by molar-refractivity contribution is 0.345. The first kappa shape index (κ1) is 9.98. The van der Waals surface area contributed by atoms with Crippen molar-refractivity contribution < 1.29 is 0 Å². The fourth-order valence-corrected chi connectivity index (χ4v) is 3.85. The van der Waals surface area contributed by atoms with Gasteiger partial charge in [-0.15, -0.1) is 0 Å². The molecule has 2 N–H and O–H groups in total. The second kappa shape index (κ2) is 3.50. The van der Waals surface area contributed by atoms with Crippen LogP contribution in [-0.2, 0) is 6.42 Å². The van der Waals surface area contributed by atoms with E-state index in [9.17, 15) is 0 Å². The fraction of sp³-hybridized carbons (Fsp3) is 0.429. The molecule has 0 bridgehead atoms. The number of H-pyrrole nitrogens is 1. The Morgan fingerprint density at radius 1 is 1.29 bits per heavy atom. The van der Waals surface area contributed by atoms with E-state index >= 15 is 0 Å². The van der Waals surface area contributed by atoms with E-state index in [1.54, 1.807) is 0 Å². The van der Waals surface area contributed by atoms with Gasteiger partial charge in [-0.25, -0.2) is 0 Å². The number of rotatable bonds is 0. The summed E-state index contributed by atoms with van der Waals surface area (Å²) in [5.41, 5.74) is 4.00. The molecule has 88 valence electrons. The van der Waals surface area contributed by atoms with Gasteiger partial charge in [0.25, 0.3) is 0 Å². The Kier molecular flexibility index (Phi) is 2.06. The molecule has 1 aromatic heterocycles. The summed E-state index contributed by atoms with van der Waals surface area (Å²) in [6.07, 6.45) is 3.66. The molecule has 2 aromatic rings. The minimum absolute atomic E-state index is 0.579. The molecule has 1 aliphatic carbocycles. The molecule has 0 spiro atoms. The lowest BCUT2D eigenvalue weighted by Gasteiger charge is -2.36. The van der Waals surface area contributed by atoms with E-state index in [0.717, 1.165) is 18.1 Å². The van der Waals surface area contributed by atoms with E-state index in [0.29, 0.717) is 12.0 Å². The Morgan fingerprint density at radius 3 is 3.18 bits per heavy atom. The maximum absolute atomic E-state index is 6.32. The monoisotopic (exact) mass is 246 g/mol. The first-order chi connectivity index (χ1) is 8.34. The Hall–Kier alpha value is -0.990. The number of aromatic nitrogens is 1. The van der Waals surface area contributed by atoms with E-state index in [1.807, 2.05) is 0 Å². The molecule has 2 nitrogen and oxygen atoms in total. The van der Waals surface area contributed by atoms with Crippen LogP contribution in [0.5, 0.6) is 0 Å². The minimum atomic E-state index is 0.579. The molecule has 1 aromatic carbocycles. The van der Waals surface area contributed by atoms with Gasteiger partial charge in [-0.3, -0.25) is 0 Å². The Morgan fingerprint density at radius 2 is 2.24 bits per heavy atom. The van der Waals surface area contributed by atoms with Crippen molar-refractivity contribution >= 4 is 22.5 Å². The summed E-state index contributed by atoms with van der Waals surface area (Å²) in [6, 6.07) is 7.13. The van der Waals surface area contributed by atoms with Crippen molar-refractivity contribution in [2.75, 3.05) is 6.54 Å². The van der Waals surface area contributed by atoms with Crippen LogP contribution in [0.3, 0.4) is 0 Å². The SMILES string of the molecule is Clc1[nH]c2cccc3c2c1C[C@H]1NCCC[C@H]31. The highest BCUT2D eigenvalue weighted by Crippen LogP contribution is 2.42. The van der Waals surface area contributed by atoms with Crippen LogP contribution in [0.1, 0.15) is 29.9 Å². The van der Waals surface area contributed by atoms with Crippen molar-refractivity contribution in [3.05, 3.63) is 34.5 Å². The highest BCUT2D eigenvalue weighted by molar-refractivity contribution is 6.32. The van der Waals surface area contributed by atoms with Crippen molar-refractivity contribution in [1.29, 1.82) is 0 Å². The first-order valence-electron chi connectivity index (χ1n) is 6.37. The fourth-order valence-electron chi connectivity index (χ4n) is 3.57. The Bertz CT molecular complexity index is 587. The molecule has 1 fully saturated rings. The molecule has 1 saturated heterocycles. The molecule has 0 amide bonds. The van der Waals surface area contributed by atoms with Gasteiger partial charge in [0.05, 0.1) is 0 Å². The number of hydrogen-bond acceptors (Lipinski definition) is 1. The van der Waals surface area contributed by atoms with Crippen LogP contribution in [0.15, 0.2) is 18.2 Å². The van der Waals surface area contributed by atoms with Gasteiger partial charge in [-0.1, -0.05) is 23.7 Å². The second-order valence-corrected chi connectivity index (χ2v) is 5.58. The Balaban J connectivity index is 2.01. The third kappa shape index (κ3) is 1.31. The van der Waals surface area contributed by atoms with Crippen molar-refractivity contribution in [3.63, 3.8) is 0 Å². The quantitative estimate of drug-likeness (QED) is 0.734. The van der Waals surface area contributed by atoms with E-state index in [4.69, 9.17) is 11.6 Å². The van der Waals surface area contributed by atoms with Gasteiger partial charge in [-0.2, -0.15) is 0 Å². The van der Waals surface area contributed by atoms with Crippen molar-refractivity contribution in [3.8, 4) is 0 Å². The highest BCUT2D eigenvalue weighted by atomic mass is 35.5. The molecule has 2 aliphatic rings. The summed E-state index contributed by atoms with van der Waals surface area (Å²) < 4.78 is 0. The van der Waals surface area contributed by atoms with Gasteiger partial charge in [-0.05, 0) is 43.0 Å². The zero-order chi connectivity index (χ0) is 11.4. The van der Waals surface area contributed by atoms with E-state index in [2.05, 4.69) is 28.5 Å². The van der Waals surface area contributed by atoms with Gasteiger partial charge in [0, 0.05) is 22.9 Å². The summed E-state index contributed by atoms with van der Waals surface area (Å²) in [5, 5.41) is 5.87. The molecule has 2 heterocycles.